The zero-order valence-electron chi connectivity index (χ0n) is 11.0. The van der Waals surface area contributed by atoms with E-state index in [1.165, 1.54) is 77.7 Å². The van der Waals surface area contributed by atoms with Gasteiger partial charge in [0.1, 0.15) is 0 Å². The summed E-state index contributed by atoms with van der Waals surface area (Å²) < 4.78 is 0. The molecule has 0 amide bonds. The predicted molar refractivity (Wildman–Crippen MR) is 69.8 cm³/mol. The fourth-order valence-corrected chi connectivity index (χ4v) is 3.16. The van der Waals surface area contributed by atoms with Crippen molar-refractivity contribution in [2.75, 3.05) is 32.7 Å². The van der Waals surface area contributed by atoms with Gasteiger partial charge in [0, 0.05) is 6.04 Å². The molecule has 0 N–H and O–H groups in total. The quantitative estimate of drug-likeness (QED) is 0.708. The van der Waals surface area contributed by atoms with Crippen molar-refractivity contribution in [2.24, 2.45) is 0 Å². The molecule has 2 aliphatic rings. The van der Waals surface area contributed by atoms with Crippen molar-refractivity contribution >= 4 is 0 Å². The average Bonchev–Trinajstić information content (AvgIpc) is 2.84. The lowest BCUT2D eigenvalue weighted by Gasteiger charge is -2.28. The van der Waals surface area contributed by atoms with E-state index >= 15 is 0 Å². The number of rotatable bonds is 5. The van der Waals surface area contributed by atoms with Gasteiger partial charge >= 0.3 is 0 Å². The summed E-state index contributed by atoms with van der Waals surface area (Å²) in [5.74, 6) is 0. The maximum atomic E-state index is 2.68. The van der Waals surface area contributed by atoms with Crippen LogP contribution in [0.5, 0.6) is 0 Å². The summed E-state index contributed by atoms with van der Waals surface area (Å²) in [6.07, 6.45) is 9.98. The molecule has 0 radical (unpaired) electrons. The Bertz CT molecular complexity index is 181. The second kappa shape index (κ2) is 6.61. The minimum absolute atomic E-state index is 0.826. The molecule has 2 fully saturated rings. The van der Waals surface area contributed by atoms with Crippen molar-refractivity contribution in [3.05, 3.63) is 0 Å². The van der Waals surface area contributed by atoms with Gasteiger partial charge in [0.2, 0.25) is 0 Å². The topological polar surface area (TPSA) is 6.48 Å². The molecule has 16 heavy (non-hydrogen) atoms. The molecular formula is C14H28N2. The summed E-state index contributed by atoms with van der Waals surface area (Å²) in [6.45, 7) is 9.19. The molecule has 2 nitrogen and oxygen atoms in total. The molecule has 0 saturated carbocycles. The molecule has 0 aromatic carbocycles. The Hall–Kier alpha value is -0.0800. The molecule has 2 heteroatoms. The highest BCUT2D eigenvalue weighted by Crippen LogP contribution is 2.16. The van der Waals surface area contributed by atoms with Crippen molar-refractivity contribution in [3.8, 4) is 0 Å². The van der Waals surface area contributed by atoms with E-state index < -0.39 is 0 Å². The molecule has 0 aromatic rings. The summed E-state index contributed by atoms with van der Waals surface area (Å²) in [5.41, 5.74) is 0. The van der Waals surface area contributed by atoms with Crippen molar-refractivity contribution in [1.82, 2.24) is 9.80 Å². The lowest BCUT2D eigenvalue weighted by Crippen LogP contribution is -2.33. The zero-order valence-corrected chi connectivity index (χ0v) is 11.0. The first-order valence-corrected chi connectivity index (χ1v) is 7.32. The van der Waals surface area contributed by atoms with Crippen LogP contribution in [0.25, 0.3) is 0 Å². The van der Waals surface area contributed by atoms with Gasteiger partial charge in [-0.3, -0.25) is 0 Å². The standard InChI is InChI=1S/C14H28N2/c1-14(16-12-5-6-13-16)8-7-11-15-9-3-2-4-10-15/h14H,2-13H2,1H3. The molecule has 0 aromatic heterocycles. The zero-order chi connectivity index (χ0) is 11.2. The van der Waals surface area contributed by atoms with E-state index in [4.69, 9.17) is 0 Å². The fourth-order valence-electron chi connectivity index (χ4n) is 3.16. The Balaban J connectivity index is 1.56. The third kappa shape index (κ3) is 3.74. The number of nitrogens with zero attached hydrogens (tertiary/aromatic N) is 2. The monoisotopic (exact) mass is 224 g/mol. The molecule has 1 atom stereocenters. The predicted octanol–water partition coefficient (Wildman–Crippen LogP) is 2.74. The maximum absolute atomic E-state index is 2.68. The Kier molecular flexibility index (Phi) is 5.11. The Morgan fingerprint density at radius 2 is 1.50 bits per heavy atom. The molecular weight excluding hydrogens is 196 g/mol. The molecule has 0 aliphatic carbocycles. The molecule has 2 heterocycles. The fraction of sp³-hybridized carbons (Fsp3) is 1.00. The molecule has 2 rings (SSSR count). The minimum Gasteiger partial charge on any atom is -0.303 e. The van der Waals surface area contributed by atoms with Crippen molar-refractivity contribution in [3.63, 3.8) is 0 Å². The number of hydrogen-bond donors (Lipinski definition) is 0. The van der Waals surface area contributed by atoms with E-state index in [1.54, 1.807) is 0 Å². The van der Waals surface area contributed by atoms with Crippen molar-refractivity contribution in [2.45, 2.75) is 57.9 Å². The van der Waals surface area contributed by atoms with Crippen LogP contribution in [0.3, 0.4) is 0 Å². The first-order valence-electron chi connectivity index (χ1n) is 7.32. The van der Waals surface area contributed by atoms with Gasteiger partial charge in [0.25, 0.3) is 0 Å². The van der Waals surface area contributed by atoms with Gasteiger partial charge < -0.3 is 9.80 Å². The molecule has 1 unspecified atom stereocenters. The molecule has 94 valence electrons. The molecule has 2 saturated heterocycles. The largest absolute Gasteiger partial charge is 0.303 e. The van der Waals surface area contributed by atoms with Crippen LogP contribution in [0, 0.1) is 0 Å². The third-order valence-electron chi connectivity index (χ3n) is 4.31. The maximum Gasteiger partial charge on any atom is 0.00674 e. The van der Waals surface area contributed by atoms with Crippen LogP contribution in [0.2, 0.25) is 0 Å². The molecule has 0 bridgehead atoms. The normalized spacial score (nSPS) is 26.1. The average molecular weight is 224 g/mol. The molecule has 0 spiro atoms. The van der Waals surface area contributed by atoms with Gasteiger partial charge in [-0.2, -0.15) is 0 Å². The van der Waals surface area contributed by atoms with Crippen LogP contribution in [-0.2, 0) is 0 Å². The van der Waals surface area contributed by atoms with Gasteiger partial charge in [-0.25, -0.2) is 0 Å². The summed E-state index contributed by atoms with van der Waals surface area (Å²) in [7, 11) is 0. The highest BCUT2D eigenvalue weighted by atomic mass is 15.2. The summed E-state index contributed by atoms with van der Waals surface area (Å²) in [6, 6.07) is 0.826. The van der Waals surface area contributed by atoms with E-state index in [1.807, 2.05) is 0 Å². The smallest absolute Gasteiger partial charge is 0.00674 e. The lowest BCUT2D eigenvalue weighted by molar-refractivity contribution is 0.201. The van der Waals surface area contributed by atoms with Crippen LogP contribution >= 0.6 is 0 Å². The van der Waals surface area contributed by atoms with Gasteiger partial charge in [-0.05, 0) is 78.2 Å². The SMILES string of the molecule is CC(CCCN1CCCCC1)N1CCCC1. The van der Waals surface area contributed by atoms with E-state index in [2.05, 4.69) is 16.7 Å². The van der Waals surface area contributed by atoms with Crippen LogP contribution in [-0.4, -0.2) is 48.6 Å². The Morgan fingerprint density at radius 1 is 0.875 bits per heavy atom. The van der Waals surface area contributed by atoms with Gasteiger partial charge in [-0.15, -0.1) is 0 Å². The first kappa shape index (κ1) is 12.4. The van der Waals surface area contributed by atoms with Crippen LogP contribution < -0.4 is 0 Å². The highest BCUT2D eigenvalue weighted by molar-refractivity contribution is 4.73. The van der Waals surface area contributed by atoms with Crippen LogP contribution in [0.15, 0.2) is 0 Å². The van der Waals surface area contributed by atoms with Crippen molar-refractivity contribution < 1.29 is 0 Å². The summed E-state index contributed by atoms with van der Waals surface area (Å²) in [4.78, 5) is 5.34. The van der Waals surface area contributed by atoms with Gasteiger partial charge in [0.15, 0.2) is 0 Å². The minimum atomic E-state index is 0.826. The summed E-state index contributed by atoms with van der Waals surface area (Å²) >= 11 is 0. The second-order valence-corrected chi connectivity index (χ2v) is 5.64. The van der Waals surface area contributed by atoms with Gasteiger partial charge in [-0.1, -0.05) is 6.42 Å². The van der Waals surface area contributed by atoms with Crippen molar-refractivity contribution in [1.29, 1.82) is 0 Å². The highest BCUT2D eigenvalue weighted by Gasteiger charge is 2.18. The number of likely N-dealkylation sites (tertiary alicyclic amines) is 2. The lowest BCUT2D eigenvalue weighted by atomic mass is 10.1. The summed E-state index contributed by atoms with van der Waals surface area (Å²) in [5, 5.41) is 0. The first-order chi connectivity index (χ1) is 7.86. The number of hydrogen-bond acceptors (Lipinski definition) is 2. The van der Waals surface area contributed by atoms with Crippen LogP contribution in [0.4, 0.5) is 0 Å². The van der Waals surface area contributed by atoms with E-state index in [0.29, 0.717) is 0 Å². The van der Waals surface area contributed by atoms with Gasteiger partial charge in [0.05, 0.1) is 0 Å². The van der Waals surface area contributed by atoms with E-state index in [-0.39, 0.29) is 0 Å². The van der Waals surface area contributed by atoms with E-state index in [0.717, 1.165) is 6.04 Å². The Morgan fingerprint density at radius 3 is 2.19 bits per heavy atom. The van der Waals surface area contributed by atoms with Crippen LogP contribution in [0.1, 0.15) is 51.9 Å². The second-order valence-electron chi connectivity index (χ2n) is 5.64. The Labute approximate surface area is 101 Å². The van der Waals surface area contributed by atoms with E-state index in [9.17, 15) is 0 Å². The molecule has 2 aliphatic heterocycles. The number of piperidine rings is 1. The third-order valence-corrected chi connectivity index (χ3v) is 4.31.